The summed E-state index contributed by atoms with van der Waals surface area (Å²) in [4.78, 5) is 10.9. The van der Waals surface area contributed by atoms with Crippen molar-refractivity contribution < 1.29 is 18.7 Å². The van der Waals surface area contributed by atoms with E-state index in [9.17, 15) is 9.18 Å². The van der Waals surface area contributed by atoms with Crippen LogP contribution in [0.1, 0.15) is 16.1 Å². The minimum Gasteiger partial charge on any atom is -0.478 e. The average Bonchev–Trinajstić information content (AvgIpc) is 2.89. The van der Waals surface area contributed by atoms with Gasteiger partial charge in [0, 0.05) is 5.39 Å². The standard InChI is InChI=1S/C16H12FNO3/c17-13-6-5-11(16(19)20)8-14(13)18-9-12-7-10-3-1-2-4-15(10)21-12/h1-8,18H,9H2,(H,19,20). The number of rotatable bonds is 4. The van der Waals surface area contributed by atoms with E-state index in [0.717, 1.165) is 17.0 Å². The predicted octanol–water partition coefficient (Wildman–Crippen LogP) is 3.88. The molecule has 5 heteroatoms. The second kappa shape index (κ2) is 5.28. The molecule has 1 heterocycles. The summed E-state index contributed by atoms with van der Waals surface area (Å²) >= 11 is 0. The van der Waals surface area contributed by atoms with E-state index in [2.05, 4.69) is 5.32 Å². The van der Waals surface area contributed by atoms with Crippen molar-refractivity contribution in [2.24, 2.45) is 0 Å². The minimum atomic E-state index is -1.10. The van der Waals surface area contributed by atoms with Gasteiger partial charge in [-0.2, -0.15) is 0 Å². The monoisotopic (exact) mass is 285 g/mol. The number of carboxylic acid groups (broad SMARTS) is 1. The largest absolute Gasteiger partial charge is 0.478 e. The summed E-state index contributed by atoms with van der Waals surface area (Å²) < 4.78 is 19.3. The van der Waals surface area contributed by atoms with Gasteiger partial charge in [-0.25, -0.2) is 9.18 Å². The number of fused-ring (bicyclic) bond motifs is 1. The van der Waals surface area contributed by atoms with Gasteiger partial charge in [0.15, 0.2) is 0 Å². The lowest BCUT2D eigenvalue weighted by Gasteiger charge is -2.06. The van der Waals surface area contributed by atoms with Crippen molar-refractivity contribution in [3.05, 3.63) is 65.7 Å². The van der Waals surface area contributed by atoms with Crippen LogP contribution >= 0.6 is 0 Å². The van der Waals surface area contributed by atoms with Crippen molar-refractivity contribution in [2.45, 2.75) is 6.54 Å². The van der Waals surface area contributed by atoms with E-state index in [-0.39, 0.29) is 17.8 Å². The maximum atomic E-state index is 13.7. The zero-order valence-corrected chi connectivity index (χ0v) is 11.0. The Morgan fingerprint density at radius 3 is 2.76 bits per heavy atom. The Hall–Kier alpha value is -2.82. The van der Waals surface area contributed by atoms with Crippen LogP contribution in [-0.4, -0.2) is 11.1 Å². The molecule has 0 aliphatic rings. The van der Waals surface area contributed by atoms with Crippen LogP contribution in [0.3, 0.4) is 0 Å². The quantitative estimate of drug-likeness (QED) is 0.763. The first-order chi connectivity index (χ1) is 10.1. The number of aromatic carboxylic acids is 1. The molecule has 4 nitrogen and oxygen atoms in total. The van der Waals surface area contributed by atoms with Gasteiger partial charge in [-0.3, -0.25) is 0 Å². The number of carboxylic acids is 1. The fourth-order valence-corrected chi connectivity index (χ4v) is 2.10. The Kier molecular flexibility index (Phi) is 3.31. The summed E-state index contributed by atoms with van der Waals surface area (Å²) in [7, 11) is 0. The van der Waals surface area contributed by atoms with Crippen molar-refractivity contribution in [2.75, 3.05) is 5.32 Å². The van der Waals surface area contributed by atoms with E-state index >= 15 is 0 Å². The van der Waals surface area contributed by atoms with Crippen molar-refractivity contribution in [3.63, 3.8) is 0 Å². The summed E-state index contributed by atoms with van der Waals surface area (Å²) in [6.07, 6.45) is 0. The molecule has 0 bridgehead atoms. The van der Waals surface area contributed by atoms with Gasteiger partial charge in [0.1, 0.15) is 17.2 Å². The normalized spacial score (nSPS) is 10.7. The molecule has 3 aromatic rings. The van der Waals surface area contributed by atoms with Gasteiger partial charge in [-0.1, -0.05) is 18.2 Å². The van der Waals surface area contributed by atoms with E-state index in [1.165, 1.54) is 12.1 Å². The van der Waals surface area contributed by atoms with E-state index in [1.807, 2.05) is 30.3 Å². The fourth-order valence-electron chi connectivity index (χ4n) is 2.10. The number of furan rings is 1. The molecule has 2 aromatic carbocycles. The molecule has 0 spiro atoms. The van der Waals surface area contributed by atoms with Gasteiger partial charge in [0.05, 0.1) is 17.8 Å². The van der Waals surface area contributed by atoms with Crippen LogP contribution in [0.15, 0.2) is 52.9 Å². The Balaban J connectivity index is 1.80. The van der Waals surface area contributed by atoms with Gasteiger partial charge in [-0.05, 0) is 30.3 Å². The molecule has 0 saturated carbocycles. The van der Waals surface area contributed by atoms with Crippen LogP contribution in [0.4, 0.5) is 10.1 Å². The van der Waals surface area contributed by atoms with Crippen LogP contribution in [0.25, 0.3) is 11.0 Å². The zero-order valence-electron chi connectivity index (χ0n) is 11.0. The first-order valence-electron chi connectivity index (χ1n) is 6.37. The second-order valence-electron chi connectivity index (χ2n) is 4.60. The molecule has 0 unspecified atom stereocenters. The van der Waals surface area contributed by atoms with Crippen LogP contribution in [0, 0.1) is 5.82 Å². The number of anilines is 1. The molecule has 21 heavy (non-hydrogen) atoms. The smallest absolute Gasteiger partial charge is 0.335 e. The van der Waals surface area contributed by atoms with E-state index in [4.69, 9.17) is 9.52 Å². The summed E-state index contributed by atoms with van der Waals surface area (Å²) in [6.45, 7) is 0.272. The van der Waals surface area contributed by atoms with E-state index in [0.29, 0.717) is 5.76 Å². The molecule has 0 atom stereocenters. The Morgan fingerprint density at radius 1 is 1.19 bits per heavy atom. The lowest BCUT2D eigenvalue weighted by molar-refractivity contribution is 0.0697. The second-order valence-corrected chi connectivity index (χ2v) is 4.60. The number of hydrogen-bond acceptors (Lipinski definition) is 3. The number of hydrogen-bond donors (Lipinski definition) is 2. The number of carbonyl (C=O) groups is 1. The number of halogens is 1. The summed E-state index contributed by atoms with van der Waals surface area (Å²) in [5.74, 6) is -0.950. The van der Waals surface area contributed by atoms with Gasteiger partial charge in [0.25, 0.3) is 0 Å². The first kappa shape index (κ1) is 13.2. The lowest BCUT2D eigenvalue weighted by Crippen LogP contribution is -2.03. The zero-order chi connectivity index (χ0) is 14.8. The van der Waals surface area contributed by atoms with Crippen LogP contribution in [0.2, 0.25) is 0 Å². The number of para-hydroxylation sites is 1. The summed E-state index contributed by atoms with van der Waals surface area (Å²) in [5, 5.41) is 12.7. The average molecular weight is 285 g/mol. The van der Waals surface area contributed by atoms with Gasteiger partial charge >= 0.3 is 5.97 Å². The number of benzene rings is 2. The third-order valence-electron chi connectivity index (χ3n) is 3.14. The van der Waals surface area contributed by atoms with Crippen molar-refractivity contribution in [1.29, 1.82) is 0 Å². The molecule has 3 rings (SSSR count). The third-order valence-corrected chi connectivity index (χ3v) is 3.14. The van der Waals surface area contributed by atoms with Gasteiger partial charge in [0.2, 0.25) is 0 Å². The molecule has 0 amide bonds. The minimum absolute atomic E-state index is 0.0310. The Labute approximate surface area is 119 Å². The highest BCUT2D eigenvalue weighted by atomic mass is 19.1. The highest BCUT2D eigenvalue weighted by Crippen LogP contribution is 2.21. The Morgan fingerprint density at radius 2 is 2.00 bits per heavy atom. The van der Waals surface area contributed by atoms with Gasteiger partial charge < -0.3 is 14.8 Å². The highest BCUT2D eigenvalue weighted by Gasteiger charge is 2.09. The molecule has 0 fully saturated rings. The maximum Gasteiger partial charge on any atom is 0.335 e. The van der Waals surface area contributed by atoms with E-state index in [1.54, 1.807) is 0 Å². The molecule has 0 aliphatic heterocycles. The molecule has 0 radical (unpaired) electrons. The number of nitrogens with one attached hydrogen (secondary N) is 1. The molecule has 2 N–H and O–H groups in total. The fraction of sp³-hybridized carbons (Fsp3) is 0.0625. The predicted molar refractivity (Wildman–Crippen MR) is 76.9 cm³/mol. The van der Waals surface area contributed by atoms with Crippen molar-refractivity contribution in [1.82, 2.24) is 0 Å². The van der Waals surface area contributed by atoms with Gasteiger partial charge in [-0.15, -0.1) is 0 Å². The van der Waals surface area contributed by atoms with Crippen molar-refractivity contribution >= 4 is 22.6 Å². The van der Waals surface area contributed by atoms with Crippen LogP contribution < -0.4 is 5.32 Å². The first-order valence-corrected chi connectivity index (χ1v) is 6.37. The topological polar surface area (TPSA) is 62.5 Å². The van der Waals surface area contributed by atoms with Crippen LogP contribution in [0.5, 0.6) is 0 Å². The lowest BCUT2D eigenvalue weighted by atomic mass is 10.2. The molecule has 106 valence electrons. The SMILES string of the molecule is O=C(O)c1ccc(F)c(NCc2cc3ccccc3o2)c1. The molecule has 0 aliphatic carbocycles. The van der Waals surface area contributed by atoms with Crippen molar-refractivity contribution in [3.8, 4) is 0 Å². The van der Waals surface area contributed by atoms with E-state index < -0.39 is 11.8 Å². The molecular weight excluding hydrogens is 273 g/mol. The molecular formula is C16H12FNO3. The van der Waals surface area contributed by atoms with Crippen LogP contribution in [-0.2, 0) is 6.54 Å². The molecule has 0 saturated heterocycles. The highest BCUT2D eigenvalue weighted by molar-refractivity contribution is 5.88. The summed E-state index contributed by atoms with van der Waals surface area (Å²) in [6, 6.07) is 13.0. The molecule has 1 aromatic heterocycles. The maximum absolute atomic E-state index is 13.7. The third kappa shape index (κ3) is 2.72. The summed E-state index contributed by atoms with van der Waals surface area (Å²) in [5.41, 5.74) is 0.924. The Bertz CT molecular complexity index is 777.